The zero-order valence-electron chi connectivity index (χ0n) is 18.2. The number of anilines is 1. The van der Waals surface area contributed by atoms with Gasteiger partial charge in [-0.05, 0) is 37.6 Å². The van der Waals surface area contributed by atoms with E-state index in [1.165, 1.54) is 19.1 Å². The van der Waals surface area contributed by atoms with Crippen LogP contribution in [0.3, 0.4) is 0 Å². The number of allylic oxidation sites excluding steroid dienone is 1. The van der Waals surface area contributed by atoms with Crippen LogP contribution in [0.5, 0.6) is 5.75 Å². The highest BCUT2D eigenvalue weighted by Crippen LogP contribution is 2.36. The van der Waals surface area contributed by atoms with Crippen LogP contribution in [-0.2, 0) is 21.7 Å². The van der Waals surface area contributed by atoms with Crippen LogP contribution in [0.25, 0.3) is 6.08 Å². The number of imide groups is 1. The first-order valence-corrected chi connectivity index (χ1v) is 9.95. The van der Waals surface area contributed by atoms with Gasteiger partial charge in [-0.15, -0.1) is 0 Å². The van der Waals surface area contributed by atoms with E-state index in [1.54, 1.807) is 24.3 Å². The van der Waals surface area contributed by atoms with Crippen molar-refractivity contribution in [1.82, 2.24) is 15.5 Å². The molecule has 0 spiro atoms. The fourth-order valence-electron chi connectivity index (χ4n) is 3.91. The quantitative estimate of drug-likeness (QED) is 0.446. The van der Waals surface area contributed by atoms with E-state index in [1.807, 2.05) is 19.9 Å². The minimum Gasteiger partial charge on any atom is -0.497 e. The maximum atomic E-state index is 13.1. The molecule has 3 N–H and O–H groups in total. The van der Waals surface area contributed by atoms with Crippen molar-refractivity contribution in [3.05, 3.63) is 52.5 Å². The molecule has 0 bridgehead atoms. The molecular formula is C22H24N4O6. The SMILES string of the molecule is CONc1cc([C@]2(CN3Cc4ccc(OC)cc4C3=O)NC(=O)NC2=O)oc1C=C(C)C. The molecule has 1 aromatic heterocycles. The lowest BCUT2D eigenvalue weighted by atomic mass is 9.95. The smallest absolute Gasteiger partial charge is 0.322 e. The van der Waals surface area contributed by atoms with E-state index < -0.39 is 17.5 Å². The van der Waals surface area contributed by atoms with Crippen LogP contribution in [0.4, 0.5) is 10.5 Å². The molecule has 1 saturated heterocycles. The molecule has 3 heterocycles. The minimum absolute atomic E-state index is 0.116. The first-order chi connectivity index (χ1) is 15.3. The molecule has 1 aromatic carbocycles. The number of carbonyl (C=O) groups excluding carboxylic acids is 3. The molecule has 4 amide bonds. The maximum absolute atomic E-state index is 13.1. The van der Waals surface area contributed by atoms with Gasteiger partial charge in [0.2, 0.25) is 0 Å². The Morgan fingerprint density at radius 1 is 1.25 bits per heavy atom. The summed E-state index contributed by atoms with van der Waals surface area (Å²) in [4.78, 5) is 44.7. The van der Waals surface area contributed by atoms with E-state index in [0.717, 1.165) is 11.1 Å². The number of ether oxygens (including phenoxy) is 1. The Bertz CT molecular complexity index is 1130. The molecule has 32 heavy (non-hydrogen) atoms. The average molecular weight is 440 g/mol. The number of benzene rings is 1. The zero-order chi connectivity index (χ0) is 23.0. The third-order valence-corrected chi connectivity index (χ3v) is 5.38. The van der Waals surface area contributed by atoms with Crippen molar-refractivity contribution in [2.45, 2.75) is 25.9 Å². The van der Waals surface area contributed by atoms with Gasteiger partial charge in [0.1, 0.15) is 17.2 Å². The highest BCUT2D eigenvalue weighted by molar-refractivity contribution is 6.08. The number of carbonyl (C=O) groups is 3. The summed E-state index contributed by atoms with van der Waals surface area (Å²) in [5, 5.41) is 4.93. The fourth-order valence-corrected chi connectivity index (χ4v) is 3.91. The van der Waals surface area contributed by atoms with Gasteiger partial charge in [-0.3, -0.25) is 25.2 Å². The predicted molar refractivity (Wildman–Crippen MR) is 115 cm³/mol. The molecule has 2 aliphatic rings. The number of hydrogen-bond acceptors (Lipinski definition) is 7. The minimum atomic E-state index is -1.60. The van der Waals surface area contributed by atoms with Crippen molar-refractivity contribution in [2.24, 2.45) is 0 Å². The summed E-state index contributed by atoms with van der Waals surface area (Å²) in [7, 11) is 2.98. The summed E-state index contributed by atoms with van der Waals surface area (Å²) in [6.45, 7) is 3.96. The van der Waals surface area contributed by atoms with Gasteiger partial charge in [-0.2, -0.15) is 0 Å². The van der Waals surface area contributed by atoms with Gasteiger partial charge in [0.15, 0.2) is 11.3 Å². The Kier molecular flexibility index (Phi) is 5.39. The number of nitrogens with zero attached hydrogens (tertiary/aromatic N) is 1. The van der Waals surface area contributed by atoms with Crippen molar-refractivity contribution >= 4 is 29.6 Å². The lowest BCUT2D eigenvalue weighted by Gasteiger charge is -2.29. The molecule has 2 aliphatic heterocycles. The molecule has 4 rings (SSSR count). The monoisotopic (exact) mass is 440 g/mol. The van der Waals surface area contributed by atoms with Gasteiger partial charge in [0.05, 0.1) is 20.8 Å². The van der Waals surface area contributed by atoms with Gasteiger partial charge in [0, 0.05) is 18.2 Å². The molecule has 1 atom stereocenters. The van der Waals surface area contributed by atoms with Gasteiger partial charge in [0.25, 0.3) is 11.8 Å². The third-order valence-electron chi connectivity index (χ3n) is 5.38. The van der Waals surface area contributed by atoms with Crippen LogP contribution >= 0.6 is 0 Å². The normalized spacial score (nSPS) is 19.5. The molecule has 0 saturated carbocycles. The Balaban J connectivity index is 1.73. The van der Waals surface area contributed by atoms with Gasteiger partial charge >= 0.3 is 6.03 Å². The van der Waals surface area contributed by atoms with Crippen LogP contribution in [-0.4, -0.2) is 43.5 Å². The second-order valence-electron chi connectivity index (χ2n) is 7.91. The Morgan fingerprint density at radius 2 is 2.03 bits per heavy atom. The van der Waals surface area contributed by atoms with Gasteiger partial charge in [-0.25, -0.2) is 4.79 Å². The van der Waals surface area contributed by atoms with E-state index in [4.69, 9.17) is 14.0 Å². The fraction of sp³-hybridized carbons (Fsp3) is 0.318. The molecule has 0 radical (unpaired) electrons. The van der Waals surface area contributed by atoms with Crippen molar-refractivity contribution in [2.75, 3.05) is 26.2 Å². The molecule has 10 nitrogen and oxygen atoms in total. The molecule has 0 aliphatic carbocycles. The van der Waals surface area contributed by atoms with Crippen molar-refractivity contribution in [1.29, 1.82) is 0 Å². The summed E-state index contributed by atoms with van der Waals surface area (Å²) in [5.74, 6) is 0.294. The van der Waals surface area contributed by atoms with E-state index in [2.05, 4.69) is 16.1 Å². The van der Waals surface area contributed by atoms with E-state index in [-0.39, 0.29) is 24.8 Å². The number of furan rings is 1. The number of rotatable bonds is 7. The molecule has 10 heteroatoms. The summed E-state index contributed by atoms with van der Waals surface area (Å²) < 4.78 is 11.2. The van der Waals surface area contributed by atoms with Crippen molar-refractivity contribution in [3.8, 4) is 5.75 Å². The summed E-state index contributed by atoms with van der Waals surface area (Å²) in [5.41, 5.74) is 3.86. The van der Waals surface area contributed by atoms with Crippen molar-refractivity contribution < 1.29 is 28.4 Å². The standard InChI is InChI=1S/C22H24N4O6/c1-12(2)7-17-16(25-31-4)9-18(32-17)22(20(28)23-21(29)24-22)11-26-10-13-5-6-14(30-3)8-15(13)19(26)27/h5-9,25H,10-11H2,1-4H3,(H2,23,24,28,29)/t22-/m0/s1. The number of methoxy groups -OCH3 is 1. The second-order valence-corrected chi connectivity index (χ2v) is 7.91. The van der Waals surface area contributed by atoms with Crippen LogP contribution in [0, 0.1) is 0 Å². The molecule has 0 unspecified atom stereocenters. The Morgan fingerprint density at radius 3 is 2.66 bits per heavy atom. The topological polar surface area (TPSA) is 122 Å². The first-order valence-electron chi connectivity index (χ1n) is 9.95. The van der Waals surface area contributed by atoms with E-state index in [0.29, 0.717) is 22.8 Å². The molecule has 1 fully saturated rings. The number of urea groups is 1. The van der Waals surface area contributed by atoms with Gasteiger partial charge < -0.3 is 19.4 Å². The third kappa shape index (κ3) is 3.58. The largest absolute Gasteiger partial charge is 0.497 e. The number of amides is 4. The number of fused-ring (bicyclic) bond motifs is 1. The highest BCUT2D eigenvalue weighted by atomic mass is 16.6. The first kappa shape index (κ1) is 21.4. The number of nitrogens with one attached hydrogen (secondary N) is 3. The molecule has 2 aromatic rings. The molecule has 168 valence electrons. The second kappa shape index (κ2) is 8.04. The lowest BCUT2D eigenvalue weighted by Crippen LogP contribution is -2.52. The van der Waals surface area contributed by atoms with E-state index in [9.17, 15) is 14.4 Å². The van der Waals surface area contributed by atoms with Crippen LogP contribution in [0.15, 0.2) is 34.3 Å². The van der Waals surface area contributed by atoms with Gasteiger partial charge in [-0.1, -0.05) is 11.6 Å². The van der Waals surface area contributed by atoms with E-state index >= 15 is 0 Å². The van der Waals surface area contributed by atoms with Crippen LogP contribution < -0.4 is 20.9 Å². The maximum Gasteiger partial charge on any atom is 0.322 e. The molecular weight excluding hydrogens is 416 g/mol. The summed E-state index contributed by atoms with van der Waals surface area (Å²) in [6.07, 6.45) is 1.77. The Hall–Kier alpha value is -3.79. The summed E-state index contributed by atoms with van der Waals surface area (Å²) >= 11 is 0. The zero-order valence-corrected chi connectivity index (χ0v) is 18.2. The van der Waals surface area contributed by atoms with Crippen LogP contribution in [0.2, 0.25) is 0 Å². The average Bonchev–Trinajstić information content (AvgIpc) is 3.37. The summed E-state index contributed by atoms with van der Waals surface area (Å²) in [6, 6.07) is 6.17. The van der Waals surface area contributed by atoms with Crippen LogP contribution in [0.1, 0.15) is 41.3 Å². The number of hydrogen-bond donors (Lipinski definition) is 3. The predicted octanol–water partition coefficient (Wildman–Crippen LogP) is 2.38. The lowest BCUT2D eigenvalue weighted by molar-refractivity contribution is -0.125. The Labute approximate surface area is 184 Å². The highest BCUT2D eigenvalue weighted by Gasteiger charge is 2.53. The van der Waals surface area contributed by atoms with Crippen molar-refractivity contribution in [3.63, 3.8) is 0 Å².